The van der Waals surface area contributed by atoms with Gasteiger partial charge in [-0.2, -0.15) is 0 Å². The zero-order valence-electron chi connectivity index (χ0n) is 10.6. The summed E-state index contributed by atoms with van der Waals surface area (Å²) in [5, 5.41) is 0.621. The van der Waals surface area contributed by atoms with Crippen LogP contribution in [0.4, 0.5) is 0 Å². The summed E-state index contributed by atoms with van der Waals surface area (Å²) in [5.74, 6) is 0.0243. The minimum Gasteiger partial charge on any atom is -0.289 e. The van der Waals surface area contributed by atoms with Gasteiger partial charge in [0, 0.05) is 14.7 Å². The Morgan fingerprint density at radius 2 is 1.89 bits per heavy atom. The summed E-state index contributed by atoms with van der Waals surface area (Å²) in [6, 6.07) is 13.2. The molecule has 0 aromatic heterocycles. The molecule has 2 aromatic carbocycles. The van der Waals surface area contributed by atoms with E-state index < -0.39 is 0 Å². The van der Waals surface area contributed by atoms with E-state index in [1.807, 2.05) is 30.3 Å². The molecule has 0 heterocycles. The molecule has 2 aromatic rings. The van der Waals surface area contributed by atoms with Crippen LogP contribution < -0.4 is 0 Å². The molecule has 0 amide bonds. The van der Waals surface area contributed by atoms with Crippen molar-refractivity contribution in [2.45, 2.75) is 19.8 Å². The first-order valence-electron chi connectivity index (χ1n) is 6.20. The predicted octanol–water partition coefficient (Wildman–Crippen LogP) is 5.13. The summed E-state index contributed by atoms with van der Waals surface area (Å²) in [7, 11) is 0. The Balaban J connectivity index is 2.32. The summed E-state index contributed by atoms with van der Waals surface area (Å²) >= 11 is 8.22. The van der Waals surface area contributed by atoms with Crippen molar-refractivity contribution in [3.63, 3.8) is 0 Å². The highest BCUT2D eigenvalue weighted by atomic mass is 127. The van der Waals surface area contributed by atoms with Gasteiger partial charge < -0.3 is 0 Å². The quantitative estimate of drug-likeness (QED) is 0.528. The van der Waals surface area contributed by atoms with Gasteiger partial charge >= 0.3 is 0 Å². The van der Waals surface area contributed by atoms with E-state index in [0.29, 0.717) is 10.6 Å². The van der Waals surface area contributed by atoms with Crippen molar-refractivity contribution in [1.82, 2.24) is 0 Å². The number of carbonyl (C=O) groups excluding carboxylic acids is 1. The fourth-order valence-corrected chi connectivity index (χ4v) is 2.48. The first-order chi connectivity index (χ1) is 9.11. The largest absolute Gasteiger partial charge is 0.289 e. The van der Waals surface area contributed by atoms with Crippen molar-refractivity contribution in [3.05, 3.63) is 67.7 Å². The Kier molecular flexibility index (Phi) is 4.99. The lowest BCUT2D eigenvalue weighted by Gasteiger charge is -2.05. The first-order valence-corrected chi connectivity index (χ1v) is 7.66. The zero-order valence-corrected chi connectivity index (χ0v) is 13.5. The highest BCUT2D eigenvalue weighted by Crippen LogP contribution is 2.21. The van der Waals surface area contributed by atoms with Crippen LogP contribution in [0, 0.1) is 3.57 Å². The average molecular weight is 385 g/mol. The van der Waals surface area contributed by atoms with Crippen LogP contribution in [0.5, 0.6) is 0 Å². The third-order valence-corrected chi connectivity index (χ3v) is 4.48. The van der Waals surface area contributed by atoms with Crippen molar-refractivity contribution in [2.24, 2.45) is 0 Å². The van der Waals surface area contributed by atoms with Crippen molar-refractivity contribution >= 4 is 40.0 Å². The molecule has 0 bridgehead atoms. The van der Waals surface area contributed by atoms with Gasteiger partial charge in [0.1, 0.15) is 0 Å². The van der Waals surface area contributed by atoms with Gasteiger partial charge in [0.25, 0.3) is 0 Å². The molecule has 2 rings (SSSR count). The second kappa shape index (κ2) is 6.53. The molecule has 0 aliphatic rings. The normalized spacial score (nSPS) is 10.5. The molecule has 0 unspecified atom stereocenters. The fraction of sp³-hybridized carbons (Fsp3) is 0.188. The molecule has 0 aliphatic carbocycles. The van der Waals surface area contributed by atoms with Gasteiger partial charge in [0.15, 0.2) is 5.78 Å². The maximum Gasteiger partial charge on any atom is 0.193 e. The molecule has 0 saturated heterocycles. The van der Waals surface area contributed by atoms with E-state index in [4.69, 9.17) is 11.6 Å². The van der Waals surface area contributed by atoms with Crippen LogP contribution in [0.25, 0.3) is 0 Å². The number of hydrogen-bond donors (Lipinski definition) is 0. The smallest absolute Gasteiger partial charge is 0.193 e. The molecule has 0 atom stereocenters. The molecule has 19 heavy (non-hydrogen) atoms. The molecule has 98 valence electrons. The molecule has 0 N–H and O–H groups in total. The summed E-state index contributed by atoms with van der Waals surface area (Å²) in [6.45, 7) is 2.13. The highest BCUT2D eigenvalue weighted by Gasteiger charge is 2.11. The van der Waals surface area contributed by atoms with Crippen LogP contribution in [0.15, 0.2) is 42.5 Å². The summed E-state index contributed by atoms with van der Waals surface area (Å²) < 4.78 is 0.954. The maximum atomic E-state index is 12.4. The lowest BCUT2D eigenvalue weighted by Crippen LogP contribution is -2.02. The Morgan fingerprint density at radius 3 is 2.58 bits per heavy atom. The fourth-order valence-electron chi connectivity index (χ4n) is 1.96. The first kappa shape index (κ1) is 14.5. The van der Waals surface area contributed by atoms with E-state index in [1.54, 1.807) is 6.07 Å². The lowest BCUT2D eigenvalue weighted by molar-refractivity contribution is 0.103. The van der Waals surface area contributed by atoms with Crippen molar-refractivity contribution < 1.29 is 4.79 Å². The monoisotopic (exact) mass is 384 g/mol. The minimum atomic E-state index is 0.0243. The second-order valence-corrected chi connectivity index (χ2v) is 5.98. The Morgan fingerprint density at radius 1 is 1.16 bits per heavy atom. The van der Waals surface area contributed by atoms with Crippen LogP contribution >= 0.6 is 34.2 Å². The maximum absolute atomic E-state index is 12.4. The molecule has 0 radical (unpaired) electrons. The van der Waals surface area contributed by atoms with Crippen LogP contribution in [-0.4, -0.2) is 5.78 Å². The highest BCUT2D eigenvalue weighted by molar-refractivity contribution is 14.1. The van der Waals surface area contributed by atoms with Crippen LogP contribution in [0.2, 0.25) is 5.02 Å². The number of hydrogen-bond acceptors (Lipinski definition) is 1. The SMILES string of the molecule is CCCc1cccc(C(=O)c2ccc(I)c(Cl)c2)c1. The predicted molar refractivity (Wildman–Crippen MR) is 88.0 cm³/mol. The van der Waals surface area contributed by atoms with Crippen molar-refractivity contribution in [2.75, 3.05) is 0 Å². The van der Waals surface area contributed by atoms with Crippen LogP contribution in [0.3, 0.4) is 0 Å². The number of rotatable bonds is 4. The van der Waals surface area contributed by atoms with Crippen LogP contribution in [-0.2, 0) is 6.42 Å². The van der Waals surface area contributed by atoms with Crippen molar-refractivity contribution in [1.29, 1.82) is 0 Å². The summed E-state index contributed by atoms with van der Waals surface area (Å²) in [4.78, 5) is 12.4. The molecule has 0 aliphatic heterocycles. The number of carbonyl (C=O) groups is 1. The van der Waals surface area contributed by atoms with Gasteiger partial charge in [0.2, 0.25) is 0 Å². The number of ketones is 1. The van der Waals surface area contributed by atoms with Gasteiger partial charge in [-0.1, -0.05) is 43.1 Å². The van der Waals surface area contributed by atoms with E-state index >= 15 is 0 Å². The molecule has 3 heteroatoms. The molecular weight excluding hydrogens is 371 g/mol. The Hall–Kier alpha value is -0.870. The molecule has 0 saturated carbocycles. The standard InChI is InChI=1S/C16H14ClIO/c1-2-4-11-5-3-6-12(9-11)16(19)13-7-8-15(18)14(17)10-13/h3,5-10H,2,4H2,1H3. The Labute approximate surface area is 132 Å². The van der Waals surface area contributed by atoms with E-state index in [-0.39, 0.29) is 5.78 Å². The Bertz CT molecular complexity index is 607. The van der Waals surface area contributed by atoms with E-state index in [1.165, 1.54) is 5.56 Å². The van der Waals surface area contributed by atoms with Crippen LogP contribution in [0.1, 0.15) is 34.8 Å². The van der Waals surface area contributed by atoms with Gasteiger partial charge in [0.05, 0.1) is 5.02 Å². The van der Waals surface area contributed by atoms with Gasteiger partial charge in [-0.15, -0.1) is 0 Å². The molecule has 1 nitrogen and oxygen atoms in total. The summed E-state index contributed by atoms with van der Waals surface area (Å²) in [6.07, 6.45) is 2.07. The average Bonchev–Trinajstić information content (AvgIpc) is 2.42. The summed E-state index contributed by atoms with van der Waals surface area (Å²) in [5.41, 5.74) is 2.56. The van der Waals surface area contributed by atoms with E-state index in [0.717, 1.165) is 22.0 Å². The van der Waals surface area contributed by atoms with Gasteiger partial charge in [-0.25, -0.2) is 0 Å². The molecule has 0 spiro atoms. The lowest BCUT2D eigenvalue weighted by atomic mass is 10.00. The second-order valence-electron chi connectivity index (χ2n) is 4.41. The third kappa shape index (κ3) is 3.57. The minimum absolute atomic E-state index is 0.0243. The zero-order chi connectivity index (χ0) is 13.8. The third-order valence-electron chi connectivity index (χ3n) is 2.91. The number of halogens is 2. The van der Waals surface area contributed by atoms with E-state index in [9.17, 15) is 4.79 Å². The number of benzene rings is 2. The van der Waals surface area contributed by atoms with Crippen molar-refractivity contribution in [3.8, 4) is 0 Å². The topological polar surface area (TPSA) is 17.1 Å². The molecular formula is C16H14ClIO. The van der Waals surface area contributed by atoms with Gasteiger partial charge in [-0.3, -0.25) is 4.79 Å². The number of aryl methyl sites for hydroxylation is 1. The molecule has 0 fully saturated rings. The van der Waals surface area contributed by atoms with Gasteiger partial charge in [-0.05, 0) is 58.8 Å². The van der Waals surface area contributed by atoms with E-state index in [2.05, 4.69) is 35.6 Å².